The highest BCUT2D eigenvalue weighted by molar-refractivity contribution is 9.11. The first-order chi connectivity index (χ1) is 10.0. The smallest absolute Gasteiger partial charge is 0.119 e. The van der Waals surface area contributed by atoms with Crippen LogP contribution >= 0.6 is 47.8 Å². The molecule has 0 spiro atoms. The zero-order valence-corrected chi connectivity index (χ0v) is 16.1. The zero-order valence-electron chi connectivity index (χ0n) is 11.4. The minimum atomic E-state index is 0.00204. The molecular formula is C15H15Br3N2O. The summed E-state index contributed by atoms with van der Waals surface area (Å²) >= 11 is 10.6. The number of nitrogens with one attached hydrogen (secondary N) is 1. The summed E-state index contributed by atoms with van der Waals surface area (Å²) in [5, 5.41) is 0. The molecule has 2 rings (SSSR count). The van der Waals surface area contributed by atoms with Crippen molar-refractivity contribution in [3.05, 3.63) is 60.9 Å². The second-order valence-corrected chi connectivity index (χ2v) is 7.27. The number of methoxy groups -OCH3 is 1. The van der Waals surface area contributed by atoms with Crippen molar-refractivity contribution in [2.45, 2.75) is 12.5 Å². The molecule has 0 fully saturated rings. The fourth-order valence-electron chi connectivity index (χ4n) is 2.10. The Labute approximate surface area is 149 Å². The number of benzene rings is 2. The Balaban J connectivity index is 2.30. The van der Waals surface area contributed by atoms with Gasteiger partial charge in [-0.3, -0.25) is 11.3 Å². The first-order valence-corrected chi connectivity index (χ1v) is 8.66. The predicted octanol–water partition coefficient (Wildman–Crippen LogP) is 4.73. The van der Waals surface area contributed by atoms with Crippen LogP contribution in [-0.2, 0) is 6.42 Å². The Morgan fingerprint density at radius 2 is 1.76 bits per heavy atom. The second-order valence-electron chi connectivity index (χ2n) is 4.58. The van der Waals surface area contributed by atoms with Crippen LogP contribution in [0.5, 0.6) is 5.75 Å². The van der Waals surface area contributed by atoms with Crippen LogP contribution in [-0.4, -0.2) is 7.11 Å². The van der Waals surface area contributed by atoms with Crippen molar-refractivity contribution >= 4 is 47.8 Å². The molecule has 1 unspecified atom stereocenters. The van der Waals surface area contributed by atoms with Gasteiger partial charge in [-0.05, 0) is 53.9 Å². The highest BCUT2D eigenvalue weighted by Crippen LogP contribution is 2.29. The molecule has 0 amide bonds. The number of rotatable bonds is 5. The standard InChI is InChI=1S/C15H15Br3N2O/c1-21-13-2-3-14(18)9(6-13)7-15(20-19)10-4-11(16)8-12(17)5-10/h2-6,8,15,20H,7,19H2,1H3. The van der Waals surface area contributed by atoms with E-state index < -0.39 is 0 Å². The number of hydrazine groups is 1. The summed E-state index contributed by atoms with van der Waals surface area (Å²) in [4.78, 5) is 0. The first kappa shape index (κ1) is 17.0. The van der Waals surface area contributed by atoms with Gasteiger partial charge in [0.05, 0.1) is 13.2 Å². The van der Waals surface area contributed by atoms with Crippen LogP contribution < -0.4 is 16.0 Å². The molecule has 1 atom stereocenters. The van der Waals surface area contributed by atoms with Crippen molar-refractivity contribution in [1.29, 1.82) is 0 Å². The van der Waals surface area contributed by atoms with Crippen LogP contribution in [0.1, 0.15) is 17.2 Å². The summed E-state index contributed by atoms with van der Waals surface area (Å²) in [5.74, 6) is 6.58. The van der Waals surface area contributed by atoms with Crippen molar-refractivity contribution in [2.24, 2.45) is 5.84 Å². The molecule has 112 valence electrons. The lowest BCUT2D eigenvalue weighted by Gasteiger charge is -2.18. The summed E-state index contributed by atoms with van der Waals surface area (Å²) < 4.78 is 8.34. The average molecular weight is 479 g/mol. The van der Waals surface area contributed by atoms with E-state index in [-0.39, 0.29) is 6.04 Å². The molecule has 2 aromatic carbocycles. The Kier molecular flexibility index (Phi) is 6.25. The molecule has 0 saturated heterocycles. The molecule has 2 aromatic rings. The van der Waals surface area contributed by atoms with Crippen molar-refractivity contribution in [3.8, 4) is 5.75 Å². The molecule has 3 nitrogen and oxygen atoms in total. The third kappa shape index (κ3) is 4.53. The second kappa shape index (κ2) is 7.74. The normalized spacial score (nSPS) is 12.2. The van der Waals surface area contributed by atoms with E-state index in [0.29, 0.717) is 0 Å². The molecule has 0 aliphatic heterocycles. The fourth-order valence-corrected chi connectivity index (χ4v) is 3.84. The molecule has 3 N–H and O–H groups in total. The summed E-state index contributed by atoms with van der Waals surface area (Å²) in [5.41, 5.74) is 5.12. The lowest BCUT2D eigenvalue weighted by atomic mass is 9.99. The maximum absolute atomic E-state index is 5.75. The van der Waals surface area contributed by atoms with Gasteiger partial charge in [0.15, 0.2) is 0 Å². The van der Waals surface area contributed by atoms with E-state index in [1.165, 1.54) is 0 Å². The van der Waals surface area contributed by atoms with Crippen LogP contribution in [0, 0.1) is 0 Å². The van der Waals surface area contributed by atoms with E-state index >= 15 is 0 Å². The molecular weight excluding hydrogens is 464 g/mol. The van der Waals surface area contributed by atoms with E-state index in [2.05, 4.69) is 65.3 Å². The van der Waals surface area contributed by atoms with Gasteiger partial charge >= 0.3 is 0 Å². The van der Waals surface area contributed by atoms with Gasteiger partial charge in [0.1, 0.15) is 5.75 Å². The van der Waals surface area contributed by atoms with Gasteiger partial charge in [0.2, 0.25) is 0 Å². The van der Waals surface area contributed by atoms with Gasteiger partial charge in [-0.25, -0.2) is 0 Å². The number of hydrogen-bond donors (Lipinski definition) is 2. The maximum Gasteiger partial charge on any atom is 0.119 e. The van der Waals surface area contributed by atoms with Crippen molar-refractivity contribution < 1.29 is 4.74 Å². The molecule has 0 radical (unpaired) electrons. The summed E-state index contributed by atoms with van der Waals surface area (Å²) in [6.07, 6.45) is 0.747. The van der Waals surface area contributed by atoms with Crippen molar-refractivity contribution in [2.75, 3.05) is 7.11 Å². The number of nitrogens with two attached hydrogens (primary N) is 1. The van der Waals surface area contributed by atoms with Crippen LogP contribution in [0.2, 0.25) is 0 Å². The Hall–Kier alpha value is -0.400. The molecule has 0 aromatic heterocycles. The van der Waals surface area contributed by atoms with Gasteiger partial charge in [0.25, 0.3) is 0 Å². The predicted molar refractivity (Wildman–Crippen MR) is 96.3 cm³/mol. The van der Waals surface area contributed by atoms with E-state index in [1.54, 1.807) is 7.11 Å². The van der Waals surface area contributed by atoms with Crippen LogP contribution in [0.15, 0.2) is 49.8 Å². The highest BCUT2D eigenvalue weighted by atomic mass is 79.9. The van der Waals surface area contributed by atoms with E-state index in [1.807, 2.05) is 24.3 Å². The van der Waals surface area contributed by atoms with Gasteiger partial charge in [-0.1, -0.05) is 47.8 Å². The molecule has 0 heterocycles. The zero-order chi connectivity index (χ0) is 15.4. The fraction of sp³-hybridized carbons (Fsp3) is 0.200. The minimum Gasteiger partial charge on any atom is -0.497 e. The average Bonchev–Trinajstić information content (AvgIpc) is 2.45. The molecule has 6 heteroatoms. The molecule has 21 heavy (non-hydrogen) atoms. The van der Waals surface area contributed by atoms with Crippen LogP contribution in [0.25, 0.3) is 0 Å². The molecule has 0 bridgehead atoms. The lowest BCUT2D eigenvalue weighted by molar-refractivity contribution is 0.413. The van der Waals surface area contributed by atoms with Crippen molar-refractivity contribution in [1.82, 2.24) is 5.43 Å². The number of hydrogen-bond acceptors (Lipinski definition) is 3. The Morgan fingerprint density at radius 3 is 2.33 bits per heavy atom. The van der Waals surface area contributed by atoms with Crippen LogP contribution in [0.3, 0.4) is 0 Å². The Bertz CT molecular complexity index is 614. The summed E-state index contributed by atoms with van der Waals surface area (Å²) in [6, 6.07) is 12.0. The molecule has 0 aliphatic rings. The van der Waals surface area contributed by atoms with Crippen molar-refractivity contribution in [3.63, 3.8) is 0 Å². The van der Waals surface area contributed by atoms with Gasteiger partial charge in [-0.15, -0.1) is 0 Å². The SMILES string of the molecule is COc1ccc(Br)c(CC(NN)c2cc(Br)cc(Br)c2)c1. The van der Waals surface area contributed by atoms with Gasteiger partial charge in [0, 0.05) is 13.4 Å². The monoisotopic (exact) mass is 476 g/mol. The molecule has 0 aliphatic carbocycles. The topological polar surface area (TPSA) is 47.3 Å². The Morgan fingerprint density at radius 1 is 1.10 bits per heavy atom. The van der Waals surface area contributed by atoms with Crippen LogP contribution in [0.4, 0.5) is 0 Å². The van der Waals surface area contributed by atoms with E-state index in [0.717, 1.165) is 36.7 Å². The van der Waals surface area contributed by atoms with Gasteiger partial charge < -0.3 is 4.74 Å². The molecule has 0 saturated carbocycles. The number of halogens is 3. The third-order valence-electron chi connectivity index (χ3n) is 3.17. The van der Waals surface area contributed by atoms with E-state index in [9.17, 15) is 0 Å². The quantitative estimate of drug-likeness (QED) is 0.482. The maximum atomic E-state index is 5.75. The number of ether oxygens (including phenoxy) is 1. The largest absolute Gasteiger partial charge is 0.497 e. The summed E-state index contributed by atoms with van der Waals surface area (Å²) in [6.45, 7) is 0. The highest BCUT2D eigenvalue weighted by Gasteiger charge is 2.14. The third-order valence-corrected chi connectivity index (χ3v) is 4.85. The summed E-state index contributed by atoms with van der Waals surface area (Å²) in [7, 11) is 1.66. The van der Waals surface area contributed by atoms with Gasteiger partial charge in [-0.2, -0.15) is 0 Å². The van der Waals surface area contributed by atoms with E-state index in [4.69, 9.17) is 10.6 Å². The first-order valence-electron chi connectivity index (χ1n) is 6.28. The minimum absolute atomic E-state index is 0.00204. The lowest BCUT2D eigenvalue weighted by Crippen LogP contribution is -2.29.